The van der Waals surface area contributed by atoms with Crippen molar-refractivity contribution in [2.45, 2.75) is 76.5 Å². The third-order valence-electron chi connectivity index (χ3n) is 6.82. The second-order valence-electron chi connectivity index (χ2n) is 8.78. The van der Waals surface area contributed by atoms with E-state index >= 15 is 0 Å². The molecule has 0 spiro atoms. The summed E-state index contributed by atoms with van der Waals surface area (Å²) in [6, 6.07) is 3.86. The predicted molar refractivity (Wildman–Crippen MR) is 108 cm³/mol. The van der Waals surface area contributed by atoms with Crippen LogP contribution in [0.4, 0.5) is 22.0 Å². The molecule has 2 aliphatic rings. The van der Waals surface area contributed by atoms with Crippen LogP contribution in [0, 0.1) is 23.6 Å². The SMILES string of the molecule is FCCCC=CC1CCC(C2CCC(c3ccc(OC(F)(F)F)c(F)c3)CC2)CC1. The summed E-state index contributed by atoms with van der Waals surface area (Å²) >= 11 is 0. The first-order valence-corrected chi connectivity index (χ1v) is 11.1. The molecule has 0 N–H and O–H groups in total. The van der Waals surface area contributed by atoms with Gasteiger partial charge in [-0.25, -0.2) is 4.39 Å². The van der Waals surface area contributed by atoms with Gasteiger partial charge in [0, 0.05) is 0 Å². The summed E-state index contributed by atoms with van der Waals surface area (Å²) in [4.78, 5) is 0. The average molecular weight is 431 g/mol. The van der Waals surface area contributed by atoms with Crippen LogP contribution < -0.4 is 4.74 Å². The largest absolute Gasteiger partial charge is 0.573 e. The highest BCUT2D eigenvalue weighted by molar-refractivity contribution is 5.31. The topological polar surface area (TPSA) is 9.23 Å². The number of unbranched alkanes of at least 4 members (excludes halogenated alkanes) is 1. The smallest absolute Gasteiger partial charge is 0.403 e. The monoisotopic (exact) mass is 430 g/mol. The minimum atomic E-state index is -4.89. The Morgan fingerprint density at radius 2 is 1.57 bits per heavy atom. The fourth-order valence-corrected chi connectivity index (χ4v) is 5.19. The van der Waals surface area contributed by atoms with Gasteiger partial charge in [0.25, 0.3) is 0 Å². The molecule has 2 fully saturated rings. The van der Waals surface area contributed by atoms with Gasteiger partial charge in [-0.2, -0.15) is 0 Å². The Kier molecular flexibility index (Phi) is 8.18. The van der Waals surface area contributed by atoms with E-state index in [1.165, 1.54) is 31.7 Å². The summed E-state index contributed by atoms with van der Waals surface area (Å²) in [7, 11) is 0. The molecule has 0 bridgehead atoms. The van der Waals surface area contributed by atoms with Crippen molar-refractivity contribution in [3.63, 3.8) is 0 Å². The number of hydrogen-bond donors (Lipinski definition) is 0. The van der Waals surface area contributed by atoms with E-state index in [9.17, 15) is 22.0 Å². The first-order chi connectivity index (χ1) is 14.4. The maximum Gasteiger partial charge on any atom is 0.573 e. The van der Waals surface area contributed by atoms with Crippen molar-refractivity contribution in [2.75, 3.05) is 6.67 Å². The third kappa shape index (κ3) is 6.71. The fraction of sp³-hybridized carbons (Fsp3) is 0.667. The van der Waals surface area contributed by atoms with Gasteiger partial charge < -0.3 is 4.74 Å². The van der Waals surface area contributed by atoms with E-state index in [0.29, 0.717) is 18.3 Å². The van der Waals surface area contributed by atoms with Crippen LogP contribution in [-0.2, 0) is 0 Å². The van der Waals surface area contributed by atoms with Crippen LogP contribution in [0.3, 0.4) is 0 Å². The molecular weight excluding hydrogens is 399 g/mol. The molecule has 2 saturated carbocycles. The van der Waals surface area contributed by atoms with Crippen LogP contribution in [0.1, 0.15) is 75.7 Å². The Morgan fingerprint density at radius 3 is 2.13 bits per heavy atom. The zero-order chi connectivity index (χ0) is 21.6. The minimum absolute atomic E-state index is 0.200. The zero-order valence-electron chi connectivity index (χ0n) is 17.3. The fourth-order valence-electron chi connectivity index (χ4n) is 5.19. The number of alkyl halides is 4. The van der Waals surface area contributed by atoms with E-state index in [1.807, 2.05) is 0 Å². The standard InChI is InChI=1S/C24H31F5O/c25-15-3-1-2-4-17-5-7-18(8-6-17)19-9-11-20(12-10-19)21-13-14-23(22(26)16-21)30-24(27,28)29/h2,4,13-14,16-20H,1,3,5-12,15H2. The molecule has 0 saturated heterocycles. The summed E-state index contributed by atoms with van der Waals surface area (Å²) < 4.78 is 66.8. The molecule has 6 heteroatoms. The van der Waals surface area contributed by atoms with Gasteiger partial charge in [0.2, 0.25) is 0 Å². The van der Waals surface area contributed by atoms with E-state index in [4.69, 9.17) is 0 Å². The molecule has 0 atom stereocenters. The molecule has 0 aliphatic heterocycles. The quantitative estimate of drug-likeness (QED) is 0.241. The number of allylic oxidation sites excluding steroid dienone is 2. The predicted octanol–water partition coefficient (Wildman–Crippen LogP) is 8.11. The number of ether oxygens (including phenoxy) is 1. The molecule has 1 aromatic rings. The van der Waals surface area contributed by atoms with E-state index in [2.05, 4.69) is 16.9 Å². The van der Waals surface area contributed by atoms with Crippen molar-refractivity contribution in [3.05, 3.63) is 41.7 Å². The normalized spacial score (nSPS) is 28.0. The molecule has 0 heterocycles. The third-order valence-corrected chi connectivity index (χ3v) is 6.82. The minimum Gasteiger partial charge on any atom is -0.403 e. The van der Waals surface area contributed by atoms with Gasteiger partial charge in [0.1, 0.15) is 0 Å². The van der Waals surface area contributed by atoms with Gasteiger partial charge in [-0.15, -0.1) is 13.2 Å². The van der Waals surface area contributed by atoms with Gasteiger partial charge in [-0.3, -0.25) is 4.39 Å². The second-order valence-corrected chi connectivity index (χ2v) is 8.78. The maximum atomic E-state index is 14.0. The first kappa shape index (κ1) is 23.1. The molecule has 0 amide bonds. The Labute approximate surface area is 175 Å². The lowest BCUT2D eigenvalue weighted by molar-refractivity contribution is -0.275. The van der Waals surface area contributed by atoms with E-state index in [1.54, 1.807) is 6.07 Å². The van der Waals surface area contributed by atoms with Crippen LogP contribution >= 0.6 is 0 Å². The molecule has 30 heavy (non-hydrogen) atoms. The van der Waals surface area contributed by atoms with Crippen molar-refractivity contribution in [1.82, 2.24) is 0 Å². The van der Waals surface area contributed by atoms with Crippen LogP contribution in [0.15, 0.2) is 30.4 Å². The molecule has 1 nitrogen and oxygen atoms in total. The Hall–Kier alpha value is -1.59. The van der Waals surface area contributed by atoms with Crippen molar-refractivity contribution in [2.24, 2.45) is 17.8 Å². The van der Waals surface area contributed by atoms with Crippen LogP contribution in [0.2, 0.25) is 0 Å². The van der Waals surface area contributed by atoms with Crippen LogP contribution in [-0.4, -0.2) is 13.0 Å². The summed E-state index contributed by atoms with van der Waals surface area (Å²) in [5.41, 5.74) is 0.766. The molecule has 0 radical (unpaired) electrons. The summed E-state index contributed by atoms with van der Waals surface area (Å²) in [6.07, 6.45) is 9.87. The van der Waals surface area contributed by atoms with E-state index < -0.39 is 17.9 Å². The number of benzene rings is 1. The summed E-state index contributed by atoms with van der Waals surface area (Å²) in [6.45, 7) is -0.252. The highest BCUT2D eigenvalue weighted by Gasteiger charge is 2.33. The molecule has 3 rings (SSSR count). The highest BCUT2D eigenvalue weighted by atomic mass is 19.4. The first-order valence-electron chi connectivity index (χ1n) is 11.1. The average Bonchev–Trinajstić information content (AvgIpc) is 2.72. The number of halogens is 5. The number of rotatable bonds is 7. The Balaban J connectivity index is 1.45. The lowest BCUT2D eigenvalue weighted by atomic mass is 9.68. The Morgan fingerprint density at radius 1 is 0.933 bits per heavy atom. The van der Waals surface area contributed by atoms with Crippen molar-refractivity contribution < 1.29 is 26.7 Å². The second kappa shape index (κ2) is 10.6. The maximum absolute atomic E-state index is 14.0. The van der Waals surface area contributed by atoms with Crippen molar-refractivity contribution >= 4 is 0 Å². The lowest BCUT2D eigenvalue weighted by Gasteiger charge is -2.37. The summed E-state index contributed by atoms with van der Waals surface area (Å²) in [5.74, 6) is 0.527. The lowest BCUT2D eigenvalue weighted by Crippen LogP contribution is -2.25. The number of hydrogen-bond acceptors (Lipinski definition) is 1. The molecule has 2 aliphatic carbocycles. The van der Waals surface area contributed by atoms with E-state index in [0.717, 1.165) is 49.7 Å². The highest BCUT2D eigenvalue weighted by Crippen LogP contribution is 2.44. The van der Waals surface area contributed by atoms with Gasteiger partial charge in [-0.1, -0.05) is 18.2 Å². The molecule has 1 aromatic carbocycles. The van der Waals surface area contributed by atoms with Gasteiger partial charge >= 0.3 is 6.36 Å². The molecule has 0 aromatic heterocycles. The molecular formula is C24H31F5O. The van der Waals surface area contributed by atoms with Crippen LogP contribution in [0.5, 0.6) is 5.75 Å². The van der Waals surface area contributed by atoms with Crippen molar-refractivity contribution in [3.8, 4) is 5.75 Å². The van der Waals surface area contributed by atoms with Crippen molar-refractivity contribution in [1.29, 1.82) is 0 Å². The Bertz CT molecular complexity index is 683. The summed E-state index contributed by atoms with van der Waals surface area (Å²) in [5, 5.41) is 0. The van der Waals surface area contributed by atoms with Gasteiger partial charge in [0.15, 0.2) is 11.6 Å². The van der Waals surface area contributed by atoms with Gasteiger partial charge in [-0.05, 0) is 106 Å². The molecule has 0 unspecified atom stereocenters. The van der Waals surface area contributed by atoms with Crippen LogP contribution in [0.25, 0.3) is 0 Å². The zero-order valence-corrected chi connectivity index (χ0v) is 17.3. The van der Waals surface area contributed by atoms with Gasteiger partial charge in [0.05, 0.1) is 6.67 Å². The molecule has 168 valence electrons. The van der Waals surface area contributed by atoms with E-state index in [-0.39, 0.29) is 12.6 Å².